The summed E-state index contributed by atoms with van der Waals surface area (Å²) in [6.45, 7) is -0.308. The number of aliphatic hydroxyl groups is 1. The predicted molar refractivity (Wildman–Crippen MR) is 111 cm³/mol. The van der Waals surface area contributed by atoms with Gasteiger partial charge < -0.3 is 20.5 Å². The van der Waals surface area contributed by atoms with E-state index in [1.165, 1.54) is 18.2 Å². The number of carbonyl (C=O) groups excluding carboxylic acids is 2. The maximum atomic E-state index is 13.5. The number of hydrogen-bond donors (Lipinski definition) is 3. The molecule has 5 rings (SSSR count). The van der Waals surface area contributed by atoms with E-state index in [9.17, 15) is 23.5 Å². The highest BCUT2D eigenvalue weighted by Crippen LogP contribution is 2.47. The van der Waals surface area contributed by atoms with Crippen LogP contribution in [0.1, 0.15) is 42.6 Å². The minimum atomic E-state index is -0.874. The Hall–Kier alpha value is -2.78. The van der Waals surface area contributed by atoms with Crippen LogP contribution in [-0.2, 0) is 4.79 Å². The van der Waals surface area contributed by atoms with Gasteiger partial charge in [-0.2, -0.15) is 0 Å². The van der Waals surface area contributed by atoms with E-state index >= 15 is 0 Å². The Morgan fingerprint density at radius 1 is 1.16 bits per heavy atom. The largest absolute Gasteiger partial charge is 0.484 e. The molecule has 2 amide bonds. The molecule has 170 valence electrons. The summed E-state index contributed by atoms with van der Waals surface area (Å²) in [5, 5.41) is 16.6. The maximum absolute atomic E-state index is 13.5. The molecule has 3 aliphatic rings. The number of halogens is 3. The number of amides is 2. The van der Waals surface area contributed by atoms with E-state index in [0.29, 0.717) is 25.7 Å². The van der Waals surface area contributed by atoms with E-state index in [1.54, 1.807) is 0 Å². The average Bonchev–Trinajstić information content (AvgIpc) is 2.76. The van der Waals surface area contributed by atoms with Crippen LogP contribution in [0.4, 0.5) is 8.78 Å². The van der Waals surface area contributed by atoms with Crippen molar-refractivity contribution < 1.29 is 28.2 Å². The molecule has 2 bridgehead atoms. The normalized spacial score (nSPS) is 26.4. The first kappa shape index (κ1) is 22.4. The van der Waals surface area contributed by atoms with Crippen LogP contribution in [0.2, 0.25) is 5.02 Å². The Bertz CT molecular complexity index is 1030. The standard InChI is InChI=1S/C22H22ClF2N3O4/c23-15-3-2-14(9-16(15)25)32-12-19(30)27-21-5-7-22(8-6-21,18(29)10-21)28-20(31)17-4-1-13(24)11-26-17/h1-4,9,11,18,29H,5-8,10,12H2,(H,27,30)(H,28,31)/t18-,21?,22?/m0/s1. The number of nitrogens with one attached hydrogen (secondary N) is 2. The molecule has 0 aliphatic heterocycles. The molecule has 0 radical (unpaired) electrons. The van der Waals surface area contributed by atoms with Crippen LogP contribution in [0.3, 0.4) is 0 Å². The molecule has 3 saturated carbocycles. The van der Waals surface area contributed by atoms with Gasteiger partial charge >= 0.3 is 0 Å². The number of benzene rings is 1. The van der Waals surface area contributed by atoms with Crippen molar-refractivity contribution in [2.45, 2.75) is 49.3 Å². The van der Waals surface area contributed by atoms with Gasteiger partial charge in [0.05, 0.1) is 22.9 Å². The third-order valence-corrected chi connectivity index (χ3v) is 6.62. The summed E-state index contributed by atoms with van der Waals surface area (Å²) in [4.78, 5) is 28.8. The number of fused-ring (bicyclic) bond motifs is 3. The molecular weight excluding hydrogens is 444 g/mol. The van der Waals surface area contributed by atoms with Crippen LogP contribution in [0.15, 0.2) is 36.5 Å². The number of aliphatic hydroxyl groups excluding tert-OH is 1. The van der Waals surface area contributed by atoms with E-state index in [-0.39, 0.29) is 35.4 Å². The lowest BCUT2D eigenvalue weighted by atomic mass is 9.60. The third-order valence-electron chi connectivity index (χ3n) is 6.31. The smallest absolute Gasteiger partial charge is 0.270 e. The van der Waals surface area contributed by atoms with Crippen LogP contribution in [0.25, 0.3) is 0 Å². The zero-order chi connectivity index (χ0) is 22.9. The summed E-state index contributed by atoms with van der Waals surface area (Å²) in [5.74, 6) is -1.86. The molecule has 1 aromatic carbocycles. The Morgan fingerprint density at radius 2 is 1.91 bits per heavy atom. The molecule has 7 nitrogen and oxygen atoms in total. The second-order valence-corrected chi connectivity index (χ2v) is 8.79. The fourth-order valence-electron chi connectivity index (χ4n) is 4.51. The minimum Gasteiger partial charge on any atom is -0.484 e. The Labute approximate surface area is 188 Å². The number of rotatable bonds is 6. The highest BCUT2D eigenvalue weighted by molar-refractivity contribution is 6.30. The summed E-state index contributed by atoms with van der Waals surface area (Å²) >= 11 is 5.63. The van der Waals surface area contributed by atoms with Gasteiger partial charge in [0.2, 0.25) is 0 Å². The van der Waals surface area contributed by atoms with Gasteiger partial charge in [0.1, 0.15) is 23.1 Å². The third kappa shape index (κ3) is 4.54. The van der Waals surface area contributed by atoms with Gasteiger partial charge in [0, 0.05) is 11.6 Å². The first-order valence-corrected chi connectivity index (χ1v) is 10.6. The van der Waals surface area contributed by atoms with Crippen LogP contribution in [-0.4, -0.2) is 45.7 Å². The number of pyridine rings is 1. The van der Waals surface area contributed by atoms with Crippen LogP contribution in [0, 0.1) is 11.6 Å². The highest BCUT2D eigenvalue weighted by Gasteiger charge is 2.55. The van der Waals surface area contributed by atoms with E-state index in [2.05, 4.69) is 15.6 Å². The van der Waals surface area contributed by atoms with Crippen LogP contribution in [0.5, 0.6) is 5.75 Å². The molecule has 10 heteroatoms. The number of aromatic nitrogens is 1. The van der Waals surface area contributed by atoms with Crippen molar-refractivity contribution in [3.05, 3.63) is 58.9 Å². The van der Waals surface area contributed by atoms with Crippen molar-refractivity contribution in [3.63, 3.8) is 0 Å². The molecule has 3 N–H and O–H groups in total. The zero-order valence-corrected chi connectivity index (χ0v) is 17.8. The fraction of sp³-hybridized carbons (Fsp3) is 0.409. The summed E-state index contributed by atoms with van der Waals surface area (Å²) in [5.41, 5.74) is -1.36. The first-order valence-electron chi connectivity index (χ1n) is 10.2. The van der Waals surface area contributed by atoms with Gasteiger partial charge in [-0.25, -0.2) is 13.8 Å². The molecule has 0 spiro atoms. The summed E-state index contributed by atoms with van der Waals surface area (Å²) in [6.07, 6.45) is 2.40. The van der Waals surface area contributed by atoms with Crippen LogP contribution >= 0.6 is 11.6 Å². The van der Waals surface area contributed by atoms with E-state index in [1.807, 2.05) is 0 Å². The van der Waals surface area contributed by atoms with Gasteiger partial charge in [-0.3, -0.25) is 9.59 Å². The monoisotopic (exact) mass is 465 g/mol. The maximum Gasteiger partial charge on any atom is 0.270 e. The van der Waals surface area contributed by atoms with Crippen molar-refractivity contribution in [2.75, 3.05) is 6.61 Å². The highest BCUT2D eigenvalue weighted by atomic mass is 35.5. The van der Waals surface area contributed by atoms with Gasteiger partial charge in [0.15, 0.2) is 6.61 Å². The molecule has 3 fully saturated rings. The molecule has 0 saturated heterocycles. The molecule has 1 aromatic heterocycles. The quantitative estimate of drug-likeness (QED) is 0.609. The summed E-state index contributed by atoms with van der Waals surface area (Å²) in [7, 11) is 0. The second-order valence-electron chi connectivity index (χ2n) is 8.38. The summed E-state index contributed by atoms with van der Waals surface area (Å²) in [6, 6.07) is 6.35. The number of nitrogens with zero attached hydrogens (tertiary/aromatic N) is 1. The van der Waals surface area contributed by atoms with Crippen LogP contribution < -0.4 is 15.4 Å². The van der Waals surface area contributed by atoms with Crippen molar-refractivity contribution in [1.29, 1.82) is 0 Å². The van der Waals surface area contributed by atoms with Crippen molar-refractivity contribution >= 4 is 23.4 Å². The predicted octanol–water partition coefficient (Wildman–Crippen LogP) is 2.75. The lowest BCUT2D eigenvalue weighted by molar-refractivity contribution is -0.129. The minimum absolute atomic E-state index is 0.0372. The summed E-state index contributed by atoms with van der Waals surface area (Å²) < 4.78 is 31.9. The Balaban J connectivity index is 1.34. The second kappa shape index (κ2) is 8.63. The molecule has 1 heterocycles. The van der Waals surface area contributed by atoms with Gasteiger partial charge in [-0.1, -0.05) is 11.6 Å². The molecule has 3 aliphatic carbocycles. The van der Waals surface area contributed by atoms with E-state index in [0.717, 1.165) is 18.3 Å². The Kier molecular flexibility index (Phi) is 6.05. The van der Waals surface area contributed by atoms with Crippen molar-refractivity contribution in [1.82, 2.24) is 15.6 Å². The number of hydrogen-bond acceptors (Lipinski definition) is 5. The fourth-order valence-corrected chi connectivity index (χ4v) is 4.63. The molecule has 1 atom stereocenters. The average molecular weight is 466 g/mol. The van der Waals surface area contributed by atoms with Crippen molar-refractivity contribution in [3.8, 4) is 5.75 Å². The van der Waals surface area contributed by atoms with E-state index in [4.69, 9.17) is 16.3 Å². The zero-order valence-electron chi connectivity index (χ0n) is 17.0. The van der Waals surface area contributed by atoms with Gasteiger partial charge in [0.25, 0.3) is 11.8 Å². The molecule has 32 heavy (non-hydrogen) atoms. The number of carbonyl (C=O) groups is 2. The molecular formula is C22H22ClF2N3O4. The van der Waals surface area contributed by atoms with Gasteiger partial charge in [-0.15, -0.1) is 0 Å². The lowest BCUT2D eigenvalue weighted by Crippen LogP contribution is -2.70. The Morgan fingerprint density at radius 3 is 2.53 bits per heavy atom. The molecule has 2 aromatic rings. The van der Waals surface area contributed by atoms with Gasteiger partial charge in [-0.05, 0) is 56.4 Å². The lowest BCUT2D eigenvalue weighted by Gasteiger charge is -2.56. The topological polar surface area (TPSA) is 101 Å². The SMILES string of the molecule is O=C(COc1ccc(Cl)c(F)c1)NC12CCC(NC(=O)c3ccc(F)cn3)(CC1)[C@@H](O)C2. The van der Waals surface area contributed by atoms with E-state index < -0.39 is 34.7 Å². The van der Waals surface area contributed by atoms with Crippen molar-refractivity contribution in [2.24, 2.45) is 0 Å². The molecule has 0 unspecified atom stereocenters. The number of ether oxygens (including phenoxy) is 1. The first-order chi connectivity index (χ1) is 15.2.